The predicted octanol–water partition coefficient (Wildman–Crippen LogP) is 3.56. The van der Waals surface area contributed by atoms with Gasteiger partial charge in [0.15, 0.2) is 0 Å². The summed E-state index contributed by atoms with van der Waals surface area (Å²) in [6.07, 6.45) is 3.29. The van der Waals surface area contributed by atoms with Crippen LogP contribution in [0.25, 0.3) is 6.08 Å². The van der Waals surface area contributed by atoms with Crippen LogP contribution in [0, 0.1) is 0 Å². The van der Waals surface area contributed by atoms with Crippen LogP contribution >= 0.6 is 0 Å². The molecule has 2 aromatic rings. The first-order chi connectivity index (χ1) is 11.7. The van der Waals surface area contributed by atoms with Crippen molar-refractivity contribution in [1.29, 1.82) is 0 Å². The van der Waals surface area contributed by atoms with Crippen molar-refractivity contribution in [2.24, 2.45) is 0 Å². The van der Waals surface area contributed by atoms with Crippen molar-refractivity contribution in [1.82, 2.24) is 5.32 Å². The Bertz CT molecular complexity index is 678. The number of hydrogen-bond donors (Lipinski definition) is 1. The summed E-state index contributed by atoms with van der Waals surface area (Å²) >= 11 is 0. The van der Waals surface area contributed by atoms with E-state index >= 15 is 0 Å². The van der Waals surface area contributed by atoms with Gasteiger partial charge in [-0.15, -0.1) is 0 Å². The summed E-state index contributed by atoms with van der Waals surface area (Å²) in [6.45, 7) is 3.79. The van der Waals surface area contributed by atoms with Crippen LogP contribution in [0.15, 0.2) is 54.6 Å². The average molecular weight is 325 g/mol. The fraction of sp³-hybridized carbons (Fsp3) is 0.250. The maximum Gasteiger partial charge on any atom is 0.244 e. The molecule has 2 aromatic carbocycles. The first-order valence-electron chi connectivity index (χ1n) is 7.97. The van der Waals surface area contributed by atoms with Crippen LogP contribution in [0.5, 0.6) is 5.75 Å². The van der Waals surface area contributed by atoms with Gasteiger partial charge >= 0.3 is 0 Å². The molecular weight excluding hydrogens is 302 g/mol. The van der Waals surface area contributed by atoms with Gasteiger partial charge in [-0.1, -0.05) is 36.4 Å². The lowest BCUT2D eigenvalue weighted by Gasteiger charge is -2.05. The molecule has 1 N–H and O–H groups in total. The van der Waals surface area contributed by atoms with Crippen molar-refractivity contribution in [3.63, 3.8) is 0 Å². The van der Waals surface area contributed by atoms with E-state index in [0.29, 0.717) is 19.8 Å². The number of nitrogens with one attached hydrogen (secondary N) is 1. The Labute approximate surface area is 143 Å². The second-order valence-electron chi connectivity index (χ2n) is 5.28. The van der Waals surface area contributed by atoms with Gasteiger partial charge in [-0.05, 0) is 41.8 Å². The fourth-order valence-corrected chi connectivity index (χ4v) is 2.14. The molecular formula is C20H23NO3. The van der Waals surface area contributed by atoms with Gasteiger partial charge in [0, 0.05) is 19.2 Å². The summed E-state index contributed by atoms with van der Waals surface area (Å²) in [5, 5.41) is 2.87. The summed E-state index contributed by atoms with van der Waals surface area (Å²) in [7, 11) is 1.62. The van der Waals surface area contributed by atoms with E-state index in [2.05, 4.69) is 5.32 Å². The van der Waals surface area contributed by atoms with E-state index in [1.807, 2.05) is 55.5 Å². The van der Waals surface area contributed by atoms with Crippen molar-refractivity contribution in [2.45, 2.75) is 20.1 Å². The van der Waals surface area contributed by atoms with E-state index in [0.717, 1.165) is 22.4 Å². The fourth-order valence-electron chi connectivity index (χ4n) is 2.14. The van der Waals surface area contributed by atoms with Crippen molar-refractivity contribution in [3.05, 3.63) is 71.3 Å². The monoisotopic (exact) mass is 325 g/mol. The molecule has 0 aliphatic rings. The minimum Gasteiger partial charge on any atom is -0.497 e. The van der Waals surface area contributed by atoms with Crippen LogP contribution in [0.2, 0.25) is 0 Å². The molecule has 0 saturated carbocycles. The van der Waals surface area contributed by atoms with E-state index in [1.54, 1.807) is 13.2 Å². The SMILES string of the molecule is CCOCc1ccc(CNC(=O)/C=C/c2cccc(OC)c2)cc1. The second-order valence-corrected chi connectivity index (χ2v) is 5.28. The van der Waals surface area contributed by atoms with E-state index in [-0.39, 0.29) is 5.91 Å². The Morgan fingerprint density at radius 3 is 2.58 bits per heavy atom. The Kier molecular flexibility index (Phi) is 7.05. The third-order valence-corrected chi connectivity index (χ3v) is 3.48. The molecule has 0 aliphatic carbocycles. The number of methoxy groups -OCH3 is 1. The van der Waals surface area contributed by atoms with Gasteiger partial charge < -0.3 is 14.8 Å². The minimum atomic E-state index is -0.129. The number of carbonyl (C=O) groups excluding carboxylic acids is 1. The first kappa shape index (κ1) is 17.8. The Hall–Kier alpha value is -2.59. The molecule has 24 heavy (non-hydrogen) atoms. The van der Waals surface area contributed by atoms with Crippen molar-refractivity contribution in [2.75, 3.05) is 13.7 Å². The summed E-state index contributed by atoms with van der Waals surface area (Å²) in [5.74, 6) is 0.640. The van der Waals surface area contributed by atoms with E-state index in [9.17, 15) is 4.79 Å². The van der Waals surface area contributed by atoms with Crippen molar-refractivity contribution >= 4 is 12.0 Å². The maximum absolute atomic E-state index is 11.9. The highest BCUT2D eigenvalue weighted by atomic mass is 16.5. The van der Waals surface area contributed by atoms with E-state index in [4.69, 9.17) is 9.47 Å². The van der Waals surface area contributed by atoms with Crippen LogP contribution in [0.1, 0.15) is 23.6 Å². The molecule has 0 aliphatic heterocycles. The summed E-state index contributed by atoms with van der Waals surface area (Å²) in [5.41, 5.74) is 3.10. The van der Waals surface area contributed by atoms with Crippen molar-refractivity contribution in [3.8, 4) is 5.75 Å². The quantitative estimate of drug-likeness (QED) is 0.755. The summed E-state index contributed by atoms with van der Waals surface area (Å²) < 4.78 is 10.5. The van der Waals surface area contributed by atoms with Gasteiger partial charge in [0.05, 0.1) is 13.7 Å². The Morgan fingerprint density at radius 1 is 1.12 bits per heavy atom. The third-order valence-electron chi connectivity index (χ3n) is 3.48. The molecule has 0 radical (unpaired) electrons. The molecule has 4 heteroatoms. The number of benzene rings is 2. The van der Waals surface area contributed by atoms with E-state index in [1.165, 1.54) is 6.08 Å². The number of rotatable bonds is 8. The normalized spacial score (nSPS) is 10.8. The molecule has 0 spiro atoms. The van der Waals surface area contributed by atoms with Gasteiger partial charge in [0.1, 0.15) is 5.75 Å². The van der Waals surface area contributed by atoms with Gasteiger partial charge in [0.2, 0.25) is 5.91 Å². The number of amides is 1. The highest BCUT2D eigenvalue weighted by Gasteiger charge is 1.99. The molecule has 0 heterocycles. The second kappa shape index (κ2) is 9.53. The zero-order chi connectivity index (χ0) is 17.2. The third kappa shape index (κ3) is 5.89. The first-order valence-corrected chi connectivity index (χ1v) is 7.97. The van der Waals surface area contributed by atoms with Crippen LogP contribution in [-0.2, 0) is 22.7 Å². The largest absolute Gasteiger partial charge is 0.497 e. The van der Waals surface area contributed by atoms with Gasteiger partial charge in [-0.25, -0.2) is 0 Å². The maximum atomic E-state index is 11.9. The van der Waals surface area contributed by atoms with Gasteiger partial charge in [0.25, 0.3) is 0 Å². The summed E-state index contributed by atoms with van der Waals surface area (Å²) in [6, 6.07) is 15.6. The van der Waals surface area contributed by atoms with Gasteiger partial charge in [-0.3, -0.25) is 4.79 Å². The lowest BCUT2D eigenvalue weighted by atomic mass is 10.1. The van der Waals surface area contributed by atoms with E-state index < -0.39 is 0 Å². The van der Waals surface area contributed by atoms with Crippen LogP contribution in [0.3, 0.4) is 0 Å². The molecule has 0 bridgehead atoms. The molecule has 126 valence electrons. The number of carbonyl (C=O) groups is 1. The van der Waals surface area contributed by atoms with Crippen LogP contribution in [-0.4, -0.2) is 19.6 Å². The molecule has 0 saturated heterocycles. The molecule has 0 unspecified atom stereocenters. The lowest BCUT2D eigenvalue weighted by Crippen LogP contribution is -2.20. The topological polar surface area (TPSA) is 47.6 Å². The Morgan fingerprint density at radius 2 is 1.88 bits per heavy atom. The minimum absolute atomic E-state index is 0.129. The average Bonchev–Trinajstić information content (AvgIpc) is 2.64. The smallest absolute Gasteiger partial charge is 0.244 e. The zero-order valence-electron chi connectivity index (χ0n) is 14.1. The molecule has 1 amide bonds. The predicted molar refractivity (Wildman–Crippen MR) is 95.6 cm³/mol. The molecule has 0 fully saturated rings. The number of ether oxygens (including phenoxy) is 2. The van der Waals surface area contributed by atoms with Gasteiger partial charge in [-0.2, -0.15) is 0 Å². The standard InChI is InChI=1S/C20H23NO3/c1-3-24-15-18-9-7-17(8-10-18)14-21-20(22)12-11-16-5-4-6-19(13-16)23-2/h4-13H,3,14-15H2,1-2H3,(H,21,22)/b12-11+. The molecule has 0 atom stereocenters. The lowest BCUT2D eigenvalue weighted by molar-refractivity contribution is -0.116. The molecule has 2 rings (SSSR count). The highest BCUT2D eigenvalue weighted by Crippen LogP contribution is 2.13. The highest BCUT2D eigenvalue weighted by molar-refractivity contribution is 5.91. The molecule has 4 nitrogen and oxygen atoms in total. The zero-order valence-corrected chi connectivity index (χ0v) is 14.1. The molecule has 0 aromatic heterocycles. The number of hydrogen-bond acceptors (Lipinski definition) is 3. The van der Waals surface area contributed by atoms with Crippen LogP contribution < -0.4 is 10.1 Å². The summed E-state index contributed by atoms with van der Waals surface area (Å²) in [4.78, 5) is 11.9. The Balaban J connectivity index is 1.83. The van der Waals surface area contributed by atoms with Crippen LogP contribution in [0.4, 0.5) is 0 Å². The van der Waals surface area contributed by atoms with Crippen molar-refractivity contribution < 1.29 is 14.3 Å².